The molecule has 4 N–H and O–H groups in total. The number of nitrogens with zero attached hydrogens (tertiary/aromatic N) is 3. The van der Waals surface area contributed by atoms with E-state index in [9.17, 15) is 23.4 Å². The van der Waals surface area contributed by atoms with Gasteiger partial charge in [-0.15, -0.1) is 5.11 Å². The highest BCUT2D eigenvalue weighted by atomic mass is 32.2. The van der Waals surface area contributed by atoms with Crippen molar-refractivity contribution in [3.8, 4) is 5.75 Å². The number of aromatic nitrogens is 1. The molecular formula is C16H12N4O5S. The molecular weight excluding hydrogens is 360 g/mol. The summed E-state index contributed by atoms with van der Waals surface area (Å²) in [7, 11) is -3.81. The van der Waals surface area contributed by atoms with Crippen LogP contribution in [0.4, 0.5) is 11.4 Å². The topological polar surface area (TPSA) is 155 Å². The van der Waals surface area contributed by atoms with Gasteiger partial charge in [-0.25, -0.2) is 18.4 Å². The van der Waals surface area contributed by atoms with Crippen LogP contribution in [0.2, 0.25) is 0 Å². The molecule has 0 spiro atoms. The van der Waals surface area contributed by atoms with Crippen molar-refractivity contribution in [1.29, 1.82) is 0 Å². The Hall–Kier alpha value is -3.37. The number of hydrogen-bond donors (Lipinski definition) is 3. The van der Waals surface area contributed by atoms with E-state index >= 15 is 0 Å². The fourth-order valence-electron chi connectivity index (χ4n) is 2.27. The fourth-order valence-corrected chi connectivity index (χ4v) is 2.79. The maximum Gasteiger partial charge on any atom is 0.339 e. The predicted octanol–water partition coefficient (Wildman–Crippen LogP) is 2.70. The van der Waals surface area contributed by atoms with Crippen molar-refractivity contribution in [2.24, 2.45) is 15.4 Å². The van der Waals surface area contributed by atoms with Gasteiger partial charge in [0.05, 0.1) is 16.3 Å². The Balaban J connectivity index is 2.07. The van der Waals surface area contributed by atoms with E-state index in [1.54, 1.807) is 12.1 Å². The Morgan fingerprint density at radius 3 is 2.42 bits per heavy atom. The third kappa shape index (κ3) is 3.36. The number of aromatic hydroxyl groups is 1. The molecule has 1 heterocycles. The van der Waals surface area contributed by atoms with Crippen LogP contribution in [0.1, 0.15) is 10.4 Å². The standard InChI is InChI=1S/C16H12N4O5S/c17-26(24,25)10-5-3-9(4-6-10)19-20-13-8-12(16(22)23)15(21)14-11(13)2-1-7-18-14/h1-8,21H,(H,22,23)(H2,17,24,25). The van der Waals surface area contributed by atoms with E-state index < -0.39 is 21.7 Å². The molecule has 0 aliphatic heterocycles. The molecule has 3 aromatic rings. The summed E-state index contributed by atoms with van der Waals surface area (Å²) in [5.74, 6) is -1.78. The molecule has 0 aliphatic carbocycles. The summed E-state index contributed by atoms with van der Waals surface area (Å²) in [5, 5.41) is 32.7. The number of primary sulfonamides is 1. The van der Waals surface area contributed by atoms with Crippen LogP contribution in [0.3, 0.4) is 0 Å². The second-order valence-electron chi connectivity index (χ2n) is 5.24. The Morgan fingerprint density at radius 2 is 1.81 bits per heavy atom. The molecule has 2 aromatic carbocycles. The first-order chi connectivity index (χ1) is 12.3. The molecule has 9 nitrogen and oxygen atoms in total. The smallest absolute Gasteiger partial charge is 0.339 e. The third-order valence-electron chi connectivity index (χ3n) is 3.51. The van der Waals surface area contributed by atoms with Gasteiger partial charge in [-0.3, -0.25) is 4.98 Å². The Morgan fingerprint density at radius 1 is 1.12 bits per heavy atom. The largest absolute Gasteiger partial charge is 0.505 e. The van der Waals surface area contributed by atoms with E-state index in [2.05, 4.69) is 15.2 Å². The molecule has 132 valence electrons. The zero-order chi connectivity index (χ0) is 18.9. The maximum absolute atomic E-state index is 11.3. The number of aromatic carboxylic acids is 1. The second-order valence-corrected chi connectivity index (χ2v) is 6.80. The predicted molar refractivity (Wildman–Crippen MR) is 92.4 cm³/mol. The Kier molecular flexibility index (Phi) is 4.36. The monoisotopic (exact) mass is 372 g/mol. The molecule has 0 unspecified atom stereocenters. The van der Waals surface area contributed by atoms with Gasteiger partial charge in [0.2, 0.25) is 10.0 Å². The van der Waals surface area contributed by atoms with Crippen LogP contribution in [0.15, 0.2) is 63.8 Å². The van der Waals surface area contributed by atoms with Gasteiger partial charge in [0, 0.05) is 11.6 Å². The lowest BCUT2D eigenvalue weighted by molar-refractivity contribution is 0.0694. The van der Waals surface area contributed by atoms with Gasteiger partial charge in [0.1, 0.15) is 11.1 Å². The zero-order valence-electron chi connectivity index (χ0n) is 13.1. The van der Waals surface area contributed by atoms with Crippen molar-refractivity contribution < 1.29 is 23.4 Å². The van der Waals surface area contributed by atoms with Gasteiger partial charge in [-0.2, -0.15) is 5.11 Å². The second kappa shape index (κ2) is 6.50. The highest BCUT2D eigenvalue weighted by molar-refractivity contribution is 7.89. The molecule has 0 saturated heterocycles. The number of phenols is 1. The summed E-state index contributed by atoms with van der Waals surface area (Å²) >= 11 is 0. The Bertz CT molecular complexity index is 1140. The molecule has 1 aromatic heterocycles. The molecule has 0 radical (unpaired) electrons. The first kappa shape index (κ1) is 17.5. The average molecular weight is 372 g/mol. The van der Waals surface area contributed by atoms with E-state index in [0.29, 0.717) is 11.1 Å². The SMILES string of the molecule is NS(=O)(=O)c1ccc(N=Nc2cc(C(=O)O)c(O)c3ncccc23)cc1. The van der Waals surface area contributed by atoms with Crippen LogP contribution < -0.4 is 5.14 Å². The lowest BCUT2D eigenvalue weighted by Crippen LogP contribution is -2.11. The van der Waals surface area contributed by atoms with Crippen LogP contribution in [0, 0.1) is 0 Å². The lowest BCUT2D eigenvalue weighted by Gasteiger charge is -2.06. The highest BCUT2D eigenvalue weighted by Gasteiger charge is 2.17. The zero-order valence-corrected chi connectivity index (χ0v) is 13.9. The summed E-state index contributed by atoms with van der Waals surface area (Å²) in [6, 6.07) is 9.79. The number of carboxylic acid groups (broad SMARTS) is 1. The summed E-state index contributed by atoms with van der Waals surface area (Å²) in [6.45, 7) is 0. The van der Waals surface area contributed by atoms with Crippen molar-refractivity contribution in [3.05, 3.63) is 54.2 Å². The number of fused-ring (bicyclic) bond motifs is 1. The number of rotatable bonds is 4. The summed E-state index contributed by atoms with van der Waals surface area (Å²) < 4.78 is 22.5. The number of sulfonamides is 1. The Labute approximate surface area is 147 Å². The number of hydrogen-bond acceptors (Lipinski definition) is 7. The quantitative estimate of drug-likeness (QED) is 0.598. The van der Waals surface area contributed by atoms with Crippen LogP contribution in [0.25, 0.3) is 10.9 Å². The van der Waals surface area contributed by atoms with E-state index in [-0.39, 0.29) is 21.7 Å². The van der Waals surface area contributed by atoms with Gasteiger partial charge in [0.25, 0.3) is 0 Å². The average Bonchev–Trinajstić information content (AvgIpc) is 2.60. The minimum Gasteiger partial charge on any atom is -0.505 e. The van der Waals surface area contributed by atoms with Gasteiger partial charge in [-0.1, -0.05) is 0 Å². The van der Waals surface area contributed by atoms with E-state index in [0.717, 1.165) is 0 Å². The van der Waals surface area contributed by atoms with Crippen molar-refractivity contribution in [1.82, 2.24) is 4.98 Å². The normalized spacial score (nSPS) is 11.9. The number of benzene rings is 2. The molecule has 0 aliphatic rings. The van der Waals surface area contributed by atoms with Crippen LogP contribution in [-0.4, -0.2) is 29.6 Å². The van der Waals surface area contributed by atoms with Crippen LogP contribution in [0.5, 0.6) is 5.75 Å². The van der Waals surface area contributed by atoms with Crippen LogP contribution in [-0.2, 0) is 10.0 Å². The first-order valence-corrected chi connectivity index (χ1v) is 8.70. The molecule has 26 heavy (non-hydrogen) atoms. The van der Waals surface area contributed by atoms with Crippen molar-refractivity contribution in [2.45, 2.75) is 4.90 Å². The third-order valence-corrected chi connectivity index (χ3v) is 4.44. The molecule has 0 amide bonds. The minimum absolute atomic E-state index is 0.0658. The molecule has 0 fully saturated rings. The molecule has 10 heteroatoms. The minimum atomic E-state index is -3.81. The molecule has 3 rings (SSSR count). The summed E-state index contributed by atoms with van der Waals surface area (Å²) in [5.41, 5.74) is 0.263. The van der Waals surface area contributed by atoms with Gasteiger partial charge in [-0.05, 0) is 42.5 Å². The molecule has 0 saturated carbocycles. The highest BCUT2D eigenvalue weighted by Crippen LogP contribution is 2.35. The van der Waals surface area contributed by atoms with Crippen molar-refractivity contribution >= 4 is 38.3 Å². The maximum atomic E-state index is 11.3. The first-order valence-electron chi connectivity index (χ1n) is 7.16. The lowest BCUT2D eigenvalue weighted by atomic mass is 10.1. The summed E-state index contributed by atoms with van der Waals surface area (Å²) in [4.78, 5) is 15.2. The fraction of sp³-hybridized carbons (Fsp3) is 0. The van der Waals surface area contributed by atoms with E-state index in [4.69, 9.17) is 5.14 Å². The van der Waals surface area contributed by atoms with Gasteiger partial charge in [0.15, 0.2) is 5.75 Å². The molecule has 0 bridgehead atoms. The van der Waals surface area contributed by atoms with Crippen LogP contribution >= 0.6 is 0 Å². The number of azo groups is 1. The van der Waals surface area contributed by atoms with Crippen molar-refractivity contribution in [2.75, 3.05) is 0 Å². The van der Waals surface area contributed by atoms with Gasteiger partial charge < -0.3 is 10.2 Å². The van der Waals surface area contributed by atoms with E-state index in [1.807, 2.05) is 0 Å². The number of nitrogens with two attached hydrogens (primary N) is 1. The molecule has 0 atom stereocenters. The van der Waals surface area contributed by atoms with Crippen molar-refractivity contribution in [3.63, 3.8) is 0 Å². The van der Waals surface area contributed by atoms with Gasteiger partial charge >= 0.3 is 5.97 Å². The van der Waals surface area contributed by atoms with E-state index in [1.165, 1.54) is 36.5 Å². The number of pyridine rings is 1. The number of carboxylic acids is 1. The number of carbonyl (C=O) groups is 1. The summed E-state index contributed by atoms with van der Waals surface area (Å²) in [6.07, 6.45) is 1.42.